The molecule has 17 heavy (non-hydrogen) atoms. The maximum atomic E-state index is 13.0. The molecule has 7 heteroatoms. The number of nitrogens with zero attached hydrogens (tertiary/aromatic N) is 1. The summed E-state index contributed by atoms with van der Waals surface area (Å²) in [7, 11) is 0. The number of benzene rings is 1. The SMILES string of the molecule is [C-]#[N+]Cc1ccc(F)c(C(F)(F)C(F)(F)F)c1. The highest BCUT2D eigenvalue weighted by Gasteiger charge is 2.60. The van der Waals surface area contributed by atoms with Crippen LogP contribution in [0.15, 0.2) is 18.2 Å². The molecule has 0 aliphatic heterocycles. The van der Waals surface area contributed by atoms with Crippen LogP contribution in [-0.2, 0) is 12.5 Å². The van der Waals surface area contributed by atoms with Crippen molar-refractivity contribution in [3.8, 4) is 0 Å². The van der Waals surface area contributed by atoms with E-state index in [2.05, 4.69) is 4.85 Å². The number of rotatable bonds is 2. The first-order chi connectivity index (χ1) is 7.70. The van der Waals surface area contributed by atoms with Crippen LogP contribution in [0.2, 0.25) is 0 Å². The van der Waals surface area contributed by atoms with E-state index in [9.17, 15) is 26.3 Å². The van der Waals surface area contributed by atoms with Gasteiger partial charge in [0, 0.05) is 5.56 Å². The molecule has 0 saturated carbocycles. The Hall–Kier alpha value is -1.71. The van der Waals surface area contributed by atoms with Crippen molar-refractivity contribution in [3.63, 3.8) is 0 Å². The molecule has 0 aliphatic carbocycles. The molecule has 92 valence electrons. The maximum absolute atomic E-state index is 13.0. The van der Waals surface area contributed by atoms with Crippen molar-refractivity contribution in [2.75, 3.05) is 0 Å². The van der Waals surface area contributed by atoms with E-state index in [1.807, 2.05) is 0 Å². The zero-order valence-corrected chi connectivity index (χ0v) is 8.15. The van der Waals surface area contributed by atoms with Gasteiger partial charge in [-0.1, -0.05) is 0 Å². The highest BCUT2D eigenvalue weighted by molar-refractivity contribution is 5.30. The van der Waals surface area contributed by atoms with E-state index in [0.29, 0.717) is 12.1 Å². The van der Waals surface area contributed by atoms with Crippen molar-refractivity contribution in [3.05, 3.63) is 46.6 Å². The van der Waals surface area contributed by atoms with Crippen molar-refractivity contribution in [1.82, 2.24) is 0 Å². The highest BCUT2D eigenvalue weighted by atomic mass is 19.4. The number of hydrogen-bond acceptors (Lipinski definition) is 0. The Bertz CT molecular complexity index is 457. The van der Waals surface area contributed by atoms with Crippen molar-refractivity contribution in [1.29, 1.82) is 0 Å². The third-order valence-corrected chi connectivity index (χ3v) is 1.99. The van der Waals surface area contributed by atoms with Crippen LogP contribution in [0.1, 0.15) is 11.1 Å². The monoisotopic (exact) mass is 253 g/mol. The lowest BCUT2D eigenvalue weighted by molar-refractivity contribution is -0.290. The quantitative estimate of drug-likeness (QED) is 0.556. The summed E-state index contributed by atoms with van der Waals surface area (Å²) in [6, 6.07) is 1.85. The minimum atomic E-state index is -5.87. The van der Waals surface area contributed by atoms with Gasteiger partial charge < -0.3 is 4.85 Å². The van der Waals surface area contributed by atoms with E-state index in [1.54, 1.807) is 0 Å². The van der Waals surface area contributed by atoms with Crippen LogP contribution in [0.4, 0.5) is 26.3 Å². The Kier molecular flexibility index (Phi) is 3.36. The molecule has 0 heterocycles. The van der Waals surface area contributed by atoms with E-state index in [-0.39, 0.29) is 12.1 Å². The second kappa shape index (κ2) is 4.28. The topological polar surface area (TPSA) is 4.36 Å². The third kappa shape index (κ3) is 2.52. The zero-order valence-electron chi connectivity index (χ0n) is 8.15. The van der Waals surface area contributed by atoms with Crippen LogP contribution < -0.4 is 0 Å². The Balaban J connectivity index is 3.31. The fraction of sp³-hybridized carbons (Fsp3) is 0.300. The summed E-state index contributed by atoms with van der Waals surface area (Å²) in [6.45, 7) is 6.08. The standard InChI is InChI=1S/C10H5F6N/c1-17-5-6-2-3-8(11)7(4-6)9(12,13)10(14,15)16/h2-4H,5H2. The number of alkyl halides is 5. The second-order valence-corrected chi connectivity index (χ2v) is 3.20. The molecule has 0 unspecified atom stereocenters. The van der Waals surface area contributed by atoms with Gasteiger partial charge in [-0.25, -0.2) is 11.0 Å². The minimum absolute atomic E-state index is 0.0969. The normalized spacial score (nSPS) is 12.3. The Morgan fingerprint density at radius 3 is 2.18 bits per heavy atom. The van der Waals surface area contributed by atoms with E-state index in [0.717, 1.165) is 6.07 Å². The van der Waals surface area contributed by atoms with Gasteiger partial charge in [-0.15, -0.1) is 0 Å². The van der Waals surface area contributed by atoms with Gasteiger partial charge in [0.2, 0.25) is 6.54 Å². The average Bonchev–Trinajstić information content (AvgIpc) is 2.19. The molecule has 0 aliphatic rings. The lowest BCUT2D eigenvalue weighted by atomic mass is 10.0. The predicted octanol–water partition coefficient (Wildman–Crippen LogP) is 3.90. The summed E-state index contributed by atoms with van der Waals surface area (Å²) in [5.41, 5.74) is -1.86. The van der Waals surface area contributed by atoms with Crippen molar-refractivity contribution in [2.24, 2.45) is 0 Å². The largest absolute Gasteiger partial charge is 0.458 e. The number of hydrogen-bond donors (Lipinski definition) is 0. The van der Waals surface area contributed by atoms with Crippen LogP contribution >= 0.6 is 0 Å². The lowest BCUT2D eigenvalue weighted by Crippen LogP contribution is -2.34. The third-order valence-electron chi connectivity index (χ3n) is 1.99. The second-order valence-electron chi connectivity index (χ2n) is 3.20. The molecular formula is C10H5F6N. The average molecular weight is 253 g/mol. The van der Waals surface area contributed by atoms with E-state index in [1.165, 1.54) is 0 Å². The molecule has 0 aromatic heterocycles. The number of halogens is 6. The molecule has 1 aromatic carbocycles. The molecule has 0 amide bonds. The van der Waals surface area contributed by atoms with Crippen LogP contribution in [0.3, 0.4) is 0 Å². The van der Waals surface area contributed by atoms with Crippen LogP contribution in [-0.4, -0.2) is 6.18 Å². The molecular weight excluding hydrogens is 248 g/mol. The van der Waals surface area contributed by atoms with Gasteiger partial charge in [-0.05, 0) is 18.2 Å². The maximum Gasteiger partial charge on any atom is 0.458 e. The van der Waals surface area contributed by atoms with Gasteiger partial charge >= 0.3 is 12.1 Å². The fourth-order valence-electron chi connectivity index (χ4n) is 1.16. The summed E-state index contributed by atoms with van der Waals surface area (Å²) in [5.74, 6) is -6.92. The molecule has 0 saturated heterocycles. The summed E-state index contributed by atoms with van der Waals surface area (Å²) in [6.07, 6.45) is -5.87. The van der Waals surface area contributed by atoms with E-state index in [4.69, 9.17) is 6.57 Å². The summed E-state index contributed by atoms with van der Waals surface area (Å²) >= 11 is 0. The van der Waals surface area contributed by atoms with Crippen LogP contribution in [0.5, 0.6) is 0 Å². The summed E-state index contributed by atoms with van der Waals surface area (Å²) in [5, 5.41) is 0. The lowest BCUT2D eigenvalue weighted by Gasteiger charge is -2.20. The summed E-state index contributed by atoms with van der Waals surface area (Å²) < 4.78 is 74.9. The van der Waals surface area contributed by atoms with Gasteiger partial charge in [0.25, 0.3) is 0 Å². The van der Waals surface area contributed by atoms with Crippen LogP contribution in [0.25, 0.3) is 4.85 Å². The van der Waals surface area contributed by atoms with Gasteiger partial charge in [0.15, 0.2) is 0 Å². The highest BCUT2D eigenvalue weighted by Crippen LogP contribution is 2.44. The molecule has 0 atom stereocenters. The van der Waals surface area contributed by atoms with Crippen molar-refractivity contribution in [2.45, 2.75) is 18.6 Å². The molecule has 0 N–H and O–H groups in total. The molecule has 0 fully saturated rings. The van der Waals surface area contributed by atoms with Gasteiger partial charge in [0.05, 0.1) is 5.56 Å². The minimum Gasteiger partial charge on any atom is -0.312 e. The summed E-state index contributed by atoms with van der Waals surface area (Å²) in [4.78, 5) is 2.82. The molecule has 1 nitrogen and oxygen atoms in total. The van der Waals surface area contributed by atoms with Crippen LogP contribution in [0, 0.1) is 12.4 Å². The fourth-order valence-corrected chi connectivity index (χ4v) is 1.16. The van der Waals surface area contributed by atoms with E-state index < -0.39 is 23.5 Å². The first kappa shape index (κ1) is 13.4. The first-order valence-electron chi connectivity index (χ1n) is 4.27. The van der Waals surface area contributed by atoms with Gasteiger partial charge in [-0.3, -0.25) is 0 Å². The Morgan fingerprint density at radius 2 is 1.71 bits per heavy atom. The van der Waals surface area contributed by atoms with E-state index >= 15 is 0 Å². The predicted molar refractivity (Wildman–Crippen MR) is 46.7 cm³/mol. The zero-order chi connectivity index (χ0) is 13.3. The van der Waals surface area contributed by atoms with Gasteiger partial charge in [0.1, 0.15) is 5.82 Å². The smallest absolute Gasteiger partial charge is 0.312 e. The molecule has 1 rings (SSSR count). The van der Waals surface area contributed by atoms with Gasteiger partial charge in [-0.2, -0.15) is 22.0 Å². The molecule has 0 radical (unpaired) electrons. The van der Waals surface area contributed by atoms with Crippen molar-refractivity contribution < 1.29 is 26.3 Å². The Labute approximate surface area is 92.5 Å². The van der Waals surface area contributed by atoms with Crippen molar-refractivity contribution >= 4 is 0 Å². The molecule has 1 aromatic rings. The Morgan fingerprint density at radius 1 is 1.12 bits per heavy atom. The molecule has 0 bridgehead atoms. The first-order valence-corrected chi connectivity index (χ1v) is 4.27. The molecule has 0 spiro atoms.